The molecule has 3 rings (SSSR count). The lowest BCUT2D eigenvalue weighted by atomic mass is 10.1. The fourth-order valence-corrected chi connectivity index (χ4v) is 1.94. The average Bonchev–Trinajstić information content (AvgIpc) is 3.00. The minimum atomic E-state index is 0.168. The van der Waals surface area contributed by atoms with Gasteiger partial charge in [-0.1, -0.05) is 24.3 Å². The number of aromatic nitrogens is 5. The van der Waals surface area contributed by atoms with E-state index >= 15 is 0 Å². The summed E-state index contributed by atoms with van der Waals surface area (Å²) in [5.41, 5.74) is 8.12. The zero-order chi connectivity index (χ0) is 14.7. The lowest BCUT2D eigenvalue weighted by Crippen LogP contribution is -2.11. The molecule has 1 aromatic carbocycles. The highest BCUT2D eigenvalue weighted by Gasteiger charge is 2.06. The van der Waals surface area contributed by atoms with E-state index in [0.29, 0.717) is 18.4 Å². The molecule has 3 aromatic rings. The van der Waals surface area contributed by atoms with Gasteiger partial charge in [-0.3, -0.25) is 4.57 Å². The molecule has 0 aliphatic rings. The van der Waals surface area contributed by atoms with Gasteiger partial charge in [-0.25, -0.2) is 4.98 Å². The molecule has 0 radical (unpaired) electrons. The largest absolute Gasteiger partial charge is 0.368 e. The van der Waals surface area contributed by atoms with Crippen LogP contribution in [0.15, 0.2) is 43.0 Å². The lowest BCUT2D eigenvalue weighted by molar-refractivity contribution is 0.895. The van der Waals surface area contributed by atoms with E-state index in [2.05, 4.69) is 44.3 Å². The van der Waals surface area contributed by atoms with Crippen LogP contribution in [-0.2, 0) is 6.54 Å². The molecule has 0 saturated heterocycles. The maximum absolute atomic E-state index is 5.73. The van der Waals surface area contributed by atoms with Crippen molar-refractivity contribution in [2.24, 2.45) is 0 Å². The Hall–Kier alpha value is -2.96. The quantitative estimate of drug-likeness (QED) is 0.753. The van der Waals surface area contributed by atoms with E-state index in [0.717, 1.165) is 0 Å². The molecular weight excluding hydrogens is 266 g/mol. The van der Waals surface area contributed by atoms with Crippen molar-refractivity contribution in [1.82, 2.24) is 24.5 Å². The highest BCUT2D eigenvalue weighted by molar-refractivity contribution is 5.37. The molecule has 0 spiro atoms. The van der Waals surface area contributed by atoms with Gasteiger partial charge in [-0.15, -0.1) is 0 Å². The van der Waals surface area contributed by atoms with Crippen LogP contribution in [0.2, 0.25) is 0 Å². The highest BCUT2D eigenvalue weighted by atomic mass is 15.3. The normalized spacial score (nSPS) is 10.5. The zero-order valence-corrected chi connectivity index (χ0v) is 11.6. The Labute approximate surface area is 121 Å². The summed E-state index contributed by atoms with van der Waals surface area (Å²) in [6, 6.07) is 8.14. The smallest absolute Gasteiger partial charge is 0.241 e. The van der Waals surface area contributed by atoms with Crippen molar-refractivity contribution in [3.05, 3.63) is 54.1 Å². The van der Waals surface area contributed by atoms with Crippen LogP contribution in [-0.4, -0.2) is 24.5 Å². The molecular formula is C14H15N7. The van der Waals surface area contributed by atoms with Gasteiger partial charge < -0.3 is 11.1 Å². The van der Waals surface area contributed by atoms with Gasteiger partial charge in [0.15, 0.2) is 0 Å². The summed E-state index contributed by atoms with van der Waals surface area (Å²) in [4.78, 5) is 16.5. The molecule has 0 bridgehead atoms. The number of rotatable bonds is 4. The van der Waals surface area contributed by atoms with Gasteiger partial charge in [0.2, 0.25) is 17.8 Å². The fraction of sp³-hybridized carbons (Fsp3) is 0.143. The molecule has 0 saturated carbocycles. The molecule has 0 amide bonds. The minimum absolute atomic E-state index is 0.168. The van der Waals surface area contributed by atoms with Gasteiger partial charge in [-0.2, -0.15) is 15.0 Å². The number of nitrogens with one attached hydrogen (secondary N) is 1. The first-order chi connectivity index (χ1) is 10.2. The second-order valence-corrected chi connectivity index (χ2v) is 4.57. The standard InChI is InChI=1S/C14H15N7/c1-10-4-2-3-5-11(10)8-17-13-18-12(15)19-14(20-13)21-7-6-16-9-21/h2-7,9H,8H2,1H3,(H3,15,17,18,19,20). The SMILES string of the molecule is Cc1ccccc1CNc1nc(N)nc(-n2ccnc2)n1. The van der Waals surface area contributed by atoms with Crippen molar-refractivity contribution in [3.8, 4) is 5.95 Å². The summed E-state index contributed by atoms with van der Waals surface area (Å²) in [5, 5.41) is 3.17. The molecule has 3 N–H and O–H groups in total. The highest BCUT2D eigenvalue weighted by Crippen LogP contribution is 2.11. The second kappa shape index (κ2) is 5.58. The van der Waals surface area contributed by atoms with E-state index in [-0.39, 0.29) is 5.95 Å². The van der Waals surface area contributed by atoms with E-state index in [1.807, 2.05) is 12.1 Å². The number of hydrogen-bond acceptors (Lipinski definition) is 6. The van der Waals surface area contributed by atoms with Crippen LogP contribution in [0.1, 0.15) is 11.1 Å². The minimum Gasteiger partial charge on any atom is -0.368 e. The van der Waals surface area contributed by atoms with E-state index in [1.165, 1.54) is 11.1 Å². The summed E-state index contributed by atoms with van der Waals surface area (Å²) in [6.07, 6.45) is 5.01. The van der Waals surface area contributed by atoms with Crippen LogP contribution in [0, 0.1) is 6.92 Å². The predicted molar refractivity (Wildman–Crippen MR) is 79.9 cm³/mol. The van der Waals surface area contributed by atoms with Gasteiger partial charge in [-0.05, 0) is 18.1 Å². The first kappa shape index (κ1) is 13.0. The lowest BCUT2D eigenvalue weighted by Gasteiger charge is -2.09. The third kappa shape index (κ3) is 2.97. The Morgan fingerprint density at radius 1 is 1.19 bits per heavy atom. The van der Waals surface area contributed by atoms with Gasteiger partial charge in [0, 0.05) is 18.9 Å². The first-order valence-electron chi connectivity index (χ1n) is 6.50. The van der Waals surface area contributed by atoms with Crippen molar-refractivity contribution in [3.63, 3.8) is 0 Å². The molecule has 7 heteroatoms. The van der Waals surface area contributed by atoms with Crippen LogP contribution in [0.5, 0.6) is 0 Å². The van der Waals surface area contributed by atoms with Crippen LogP contribution < -0.4 is 11.1 Å². The van der Waals surface area contributed by atoms with Crippen LogP contribution >= 0.6 is 0 Å². The Morgan fingerprint density at radius 2 is 2.05 bits per heavy atom. The summed E-state index contributed by atoms with van der Waals surface area (Å²) in [5.74, 6) is 1.04. The Bertz CT molecular complexity index is 737. The van der Waals surface area contributed by atoms with Crippen molar-refractivity contribution >= 4 is 11.9 Å². The van der Waals surface area contributed by atoms with Crippen LogP contribution in [0.25, 0.3) is 5.95 Å². The van der Waals surface area contributed by atoms with Crippen molar-refractivity contribution in [2.75, 3.05) is 11.1 Å². The third-order valence-electron chi connectivity index (χ3n) is 3.07. The molecule has 0 fully saturated rings. The topological polar surface area (TPSA) is 94.5 Å². The Kier molecular flexibility index (Phi) is 3.46. The van der Waals surface area contributed by atoms with Gasteiger partial charge in [0.1, 0.15) is 6.33 Å². The molecule has 0 aliphatic carbocycles. The van der Waals surface area contributed by atoms with E-state index in [9.17, 15) is 0 Å². The number of nitrogens with two attached hydrogens (primary N) is 1. The third-order valence-corrected chi connectivity index (χ3v) is 3.07. The molecule has 2 heterocycles. The van der Waals surface area contributed by atoms with Crippen molar-refractivity contribution in [2.45, 2.75) is 13.5 Å². The van der Waals surface area contributed by atoms with Gasteiger partial charge in [0.25, 0.3) is 0 Å². The maximum atomic E-state index is 5.73. The molecule has 7 nitrogen and oxygen atoms in total. The Balaban J connectivity index is 1.81. The van der Waals surface area contributed by atoms with Crippen molar-refractivity contribution in [1.29, 1.82) is 0 Å². The van der Waals surface area contributed by atoms with Crippen molar-refractivity contribution < 1.29 is 0 Å². The second-order valence-electron chi connectivity index (χ2n) is 4.57. The zero-order valence-electron chi connectivity index (χ0n) is 11.6. The number of nitrogens with zero attached hydrogens (tertiary/aromatic N) is 5. The Morgan fingerprint density at radius 3 is 2.81 bits per heavy atom. The van der Waals surface area contributed by atoms with E-state index < -0.39 is 0 Å². The molecule has 2 aromatic heterocycles. The van der Waals surface area contributed by atoms with E-state index in [1.54, 1.807) is 23.3 Å². The molecule has 21 heavy (non-hydrogen) atoms. The van der Waals surface area contributed by atoms with Gasteiger partial charge in [0.05, 0.1) is 0 Å². The predicted octanol–water partition coefficient (Wildman–Crippen LogP) is 1.56. The summed E-state index contributed by atoms with van der Waals surface area (Å²) in [7, 11) is 0. The fourth-order valence-electron chi connectivity index (χ4n) is 1.94. The molecule has 106 valence electrons. The summed E-state index contributed by atoms with van der Waals surface area (Å²) < 4.78 is 1.68. The summed E-state index contributed by atoms with van der Waals surface area (Å²) in [6.45, 7) is 2.69. The number of anilines is 2. The number of aryl methyl sites for hydroxylation is 1. The van der Waals surface area contributed by atoms with Gasteiger partial charge >= 0.3 is 0 Å². The molecule has 0 atom stereocenters. The average molecular weight is 281 g/mol. The molecule has 0 aliphatic heterocycles. The number of imidazole rings is 1. The summed E-state index contributed by atoms with van der Waals surface area (Å²) >= 11 is 0. The van der Waals surface area contributed by atoms with Crippen LogP contribution in [0.3, 0.4) is 0 Å². The monoisotopic (exact) mass is 281 g/mol. The number of hydrogen-bond donors (Lipinski definition) is 2. The van der Waals surface area contributed by atoms with E-state index in [4.69, 9.17) is 5.73 Å². The molecule has 0 unspecified atom stereocenters. The van der Waals surface area contributed by atoms with Crippen LogP contribution in [0.4, 0.5) is 11.9 Å². The maximum Gasteiger partial charge on any atom is 0.241 e. The number of benzene rings is 1. The number of nitrogen functional groups attached to an aromatic ring is 1. The first-order valence-corrected chi connectivity index (χ1v) is 6.50.